The highest BCUT2D eigenvalue weighted by Gasteiger charge is 2.20. The van der Waals surface area contributed by atoms with Crippen LogP contribution in [0.2, 0.25) is 10.0 Å². The van der Waals surface area contributed by atoms with Gasteiger partial charge in [-0.3, -0.25) is 9.69 Å². The number of carbonyl (C=O) groups is 1. The maximum absolute atomic E-state index is 13.2. The van der Waals surface area contributed by atoms with Crippen molar-refractivity contribution >= 4 is 65.7 Å². The first-order chi connectivity index (χ1) is 25.2. The number of pyridine rings is 1. The fourth-order valence-electron chi connectivity index (χ4n) is 5.97. The molecule has 0 atom stereocenters. The zero-order valence-electron chi connectivity index (χ0n) is 30.1. The molecule has 1 fully saturated rings. The van der Waals surface area contributed by atoms with Gasteiger partial charge in [-0.15, -0.1) is 24.8 Å². The summed E-state index contributed by atoms with van der Waals surface area (Å²) < 4.78 is 25.1. The van der Waals surface area contributed by atoms with Crippen LogP contribution in [-0.4, -0.2) is 60.5 Å². The third-order valence-electron chi connectivity index (χ3n) is 9.05. The zero-order chi connectivity index (χ0) is 36.5. The Kier molecular flexibility index (Phi) is 16.0. The summed E-state index contributed by atoms with van der Waals surface area (Å²) in [6, 6.07) is 30.1. The summed E-state index contributed by atoms with van der Waals surface area (Å²) in [5.41, 5.74) is 6.03. The lowest BCUT2D eigenvalue weighted by molar-refractivity contribution is -0.127. The first-order valence-electron chi connectivity index (χ1n) is 17.2. The monoisotopic (exact) mass is 810 g/mol. The van der Waals surface area contributed by atoms with E-state index in [1.54, 1.807) is 48.7 Å². The van der Waals surface area contributed by atoms with Crippen LogP contribution in [0, 0.1) is 12.7 Å². The summed E-state index contributed by atoms with van der Waals surface area (Å²) in [5, 5.41) is 1.07. The van der Waals surface area contributed by atoms with Crippen molar-refractivity contribution in [3.63, 3.8) is 0 Å². The van der Waals surface area contributed by atoms with Crippen LogP contribution < -0.4 is 14.4 Å². The second kappa shape index (κ2) is 20.4. The summed E-state index contributed by atoms with van der Waals surface area (Å²) in [5.74, 6) is 1.23. The van der Waals surface area contributed by atoms with Crippen molar-refractivity contribution in [2.75, 3.05) is 44.7 Å². The van der Waals surface area contributed by atoms with Crippen LogP contribution >= 0.6 is 48.0 Å². The number of piperazine rings is 1. The van der Waals surface area contributed by atoms with Gasteiger partial charge in [0.2, 0.25) is 11.8 Å². The second-order valence-electron chi connectivity index (χ2n) is 12.9. The number of amides is 1. The molecule has 1 aromatic heterocycles. The molecule has 5 aromatic rings. The molecular weight excluding hydrogens is 769 g/mol. The van der Waals surface area contributed by atoms with Crippen molar-refractivity contribution in [2.24, 2.45) is 0 Å². The van der Waals surface area contributed by atoms with E-state index >= 15 is 0 Å². The van der Waals surface area contributed by atoms with Gasteiger partial charge in [-0.2, -0.15) is 0 Å². The van der Waals surface area contributed by atoms with E-state index in [1.165, 1.54) is 23.3 Å². The van der Waals surface area contributed by atoms with E-state index < -0.39 is 0 Å². The van der Waals surface area contributed by atoms with Crippen LogP contribution in [0.25, 0.3) is 6.08 Å². The largest absolute Gasteiger partial charge is 0.487 e. The van der Waals surface area contributed by atoms with Crippen LogP contribution in [-0.2, 0) is 24.4 Å². The molecule has 2 heterocycles. The van der Waals surface area contributed by atoms with Crippen molar-refractivity contribution < 1.29 is 18.7 Å². The van der Waals surface area contributed by atoms with Gasteiger partial charge in [0.1, 0.15) is 18.2 Å². The predicted octanol–water partition coefficient (Wildman–Crippen LogP) is 10.1. The molecule has 12 heteroatoms. The molecule has 0 bridgehead atoms. The molecule has 1 amide bonds. The molecule has 1 saturated heterocycles. The van der Waals surface area contributed by atoms with Gasteiger partial charge in [-0.25, -0.2) is 9.37 Å². The van der Waals surface area contributed by atoms with E-state index in [9.17, 15) is 9.18 Å². The summed E-state index contributed by atoms with van der Waals surface area (Å²) in [6.07, 6.45) is 5.90. The van der Waals surface area contributed by atoms with E-state index in [1.807, 2.05) is 49.2 Å². The van der Waals surface area contributed by atoms with Crippen molar-refractivity contribution in [1.29, 1.82) is 0 Å². The van der Waals surface area contributed by atoms with Gasteiger partial charge in [0.05, 0.1) is 11.2 Å². The van der Waals surface area contributed by atoms with Crippen LogP contribution in [0.4, 0.5) is 10.1 Å². The van der Waals surface area contributed by atoms with Crippen molar-refractivity contribution in [3.8, 4) is 17.4 Å². The molecular formula is C42H43Cl4FN4O3. The maximum atomic E-state index is 13.2. The molecule has 0 radical (unpaired) electrons. The van der Waals surface area contributed by atoms with Crippen LogP contribution in [0.5, 0.6) is 17.4 Å². The van der Waals surface area contributed by atoms with Gasteiger partial charge < -0.3 is 19.3 Å². The quantitative estimate of drug-likeness (QED) is 0.110. The number of ether oxygens (including phenoxy) is 2. The molecule has 0 unspecified atom stereocenters. The highest BCUT2D eigenvalue weighted by molar-refractivity contribution is 6.32. The van der Waals surface area contributed by atoms with Gasteiger partial charge >= 0.3 is 0 Å². The minimum absolute atomic E-state index is 0. The minimum Gasteiger partial charge on any atom is -0.487 e. The standard InChI is InChI=1S/C42H41Cl2FN4O3.2ClH/c1-30-25-33(26-39(44)42(30)52-40-17-16-37(27-46-40)51-29-34-5-3-4-6-38(34)43)11-18-41(50)49-23-21-48(22-24-49)28-32-9-7-31(8-10-32)19-20-47(2)36-14-12-35(45)13-15-36;;/h3-18,25-27H,19-24,28-29H2,1-2H3;2*1H/b18-11+;;. The van der Waals surface area contributed by atoms with E-state index in [4.69, 9.17) is 32.7 Å². The van der Waals surface area contributed by atoms with E-state index in [0.29, 0.717) is 47.1 Å². The van der Waals surface area contributed by atoms with E-state index in [-0.39, 0.29) is 36.5 Å². The molecule has 7 nitrogen and oxygen atoms in total. The lowest BCUT2D eigenvalue weighted by Crippen LogP contribution is -2.47. The number of rotatable bonds is 13. The van der Waals surface area contributed by atoms with E-state index in [0.717, 1.165) is 55.0 Å². The van der Waals surface area contributed by atoms with Gasteiger partial charge in [-0.05, 0) is 90.2 Å². The van der Waals surface area contributed by atoms with Gasteiger partial charge in [0.25, 0.3) is 0 Å². The number of hydrogen-bond donors (Lipinski definition) is 0. The molecule has 0 spiro atoms. The highest BCUT2D eigenvalue weighted by Crippen LogP contribution is 2.34. The Morgan fingerprint density at radius 1 is 0.889 bits per heavy atom. The lowest BCUT2D eigenvalue weighted by atomic mass is 10.1. The molecule has 1 aliphatic heterocycles. The molecule has 0 N–H and O–H groups in total. The van der Waals surface area contributed by atoms with Gasteiger partial charge in [-0.1, -0.05) is 65.7 Å². The highest BCUT2D eigenvalue weighted by atomic mass is 35.5. The summed E-state index contributed by atoms with van der Waals surface area (Å²) in [7, 11) is 2.02. The van der Waals surface area contributed by atoms with Crippen molar-refractivity contribution in [2.45, 2.75) is 26.5 Å². The summed E-state index contributed by atoms with van der Waals surface area (Å²) >= 11 is 12.8. The molecule has 4 aromatic carbocycles. The SMILES string of the molecule is Cc1cc(/C=C/C(=O)N2CCN(Cc3ccc(CCN(C)c4ccc(F)cc4)cc3)CC2)cc(Cl)c1Oc1ccc(OCc2ccccc2Cl)cn1.Cl.Cl. The number of carbonyl (C=O) groups excluding carboxylic acids is 1. The fourth-order valence-corrected chi connectivity index (χ4v) is 6.47. The Bertz CT molecular complexity index is 1970. The van der Waals surface area contributed by atoms with Crippen molar-refractivity contribution in [1.82, 2.24) is 14.8 Å². The van der Waals surface area contributed by atoms with Crippen molar-refractivity contribution in [3.05, 3.63) is 153 Å². The number of aromatic nitrogens is 1. The number of anilines is 1. The fraction of sp³-hybridized carbons (Fsp3) is 0.238. The maximum Gasteiger partial charge on any atom is 0.246 e. The first kappa shape index (κ1) is 42.4. The third-order valence-corrected chi connectivity index (χ3v) is 9.70. The molecule has 0 saturated carbocycles. The van der Waals surface area contributed by atoms with Crippen LogP contribution in [0.3, 0.4) is 0 Å². The Hall–Kier alpha value is -4.31. The smallest absolute Gasteiger partial charge is 0.246 e. The average Bonchev–Trinajstić information content (AvgIpc) is 3.15. The molecule has 1 aliphatic rings. The number of hydrogen-bond acceptors (Lipinski definition) is 6. The number of likely N-dealkylation sites (N-methyl/N-ethyl adjacent to an activating group) is 1. The van der Waals surface area contributed by atoms with Crippen LogP contribution in [0.15, 0.2) is 109 Å². The topological polar surface area (TPSA) is 58.1 Å². The summed E-state index contributed by atoms with van der Waals surface area (Å²) in [6.45, 7) is 6.88. The van der Waals surface area contributed by atoms with E-state index in [2.05, 4.69) is 39.0 Å². The Balaban J connectivity index is 0.00000325. The van der Waals surface area contributed by atoms with Gasteiger partial charge in [0, 0.05) is 74.7 Å². The molecule has 284 valence electrons. The number of halogens is 5. The third kappa shape index (κ3) is 11.8. The average molecular weight is 813 g/mol. The minimum atomic E-state index is -0.223. The number of aryl methyl sites for hydroxylation is 1. The molecule has 54 heavy (non-hydrogen) atoms. The number of benzene rings is 4. The Labute approximate surface area is 339 Å². The van der Waals surface area contributed by atoms with Crippen LogP contribution in [0.1, 0.15) is 27.8 Å². The molecule has 0 aliphatic carbocycles. The summed E-state index contributed by atoms with van der Waals surface area (Å²) in [4.78, 5) is 23.8. The Morgan fingerprint density at radius 2 is 1.59 bits per heavy atom. The second-order valence-corrected chi connectivity index (χ2v) is 13.7. The number of nitrogens with zero attached hydrogens (tertiary/aromatic N) is 4. The molecule has 6 rings (SSSR count). The normalized spacial score (nSPS) is 12.9. The first-order valence-corrected chi connectivity index (χ1v) is 18.0. The van der Waals surface area contributed by atoms with Gasteiger partial charge in [0.15, 0.2) is 5.75 Å². The predicted molar refractivity (Wildman–Crippen MR) is 221 cm³/mol. The lowest BCUT2D eigenvalue weighted by Gasteiger charge is -2.34. The Morgan fingerprint density at radius 3 is 2.26 bits per heavy atom. The zero-order valence-corrected chi connectivity index (χ0v) is 33.2.